The number of nitrogens with zero attached hydrogens (tertiary/aromatic N) is 1. The van der Waals surface area contributed by atoms with E-state index in [1.165, 1.54) is 12.1 Å². The summed E-state index contributed by atoms with van der Waals surface area (Å²) in [7, 11) is 0. The van der Waals surface area contributed by atoms with Gasteiger partial charge in [-0.3, -0.25) is 4.79 Å². The average molecular weight is 281 g/mol. The van der Waals surface area contributed by atoms with Crippen molar-refractivity contribution in [2.45, 2.75) is 38.8 Å². The summed E-state index contributed by atoms with van der Waals surface area (Å²) in [5.74, 6) is 1.94. The van der Waals surface area contributed by atoms with Gasteiger partial charge in [0.1, 0.15) is 5.82 Å². The van der Waals surface area contributed by atoms with Crippen LogP contribution in [0.25, 0.3) is 0 Å². The van der Waals surface area contributed by atoms with Gasteiger partial charge in [-0.05, 0) is 36.3 Å². The Labute approximate surface area is 118 Å². The SMILES string of the molecule is CCSCCC(=O)N(Cc1ccc(F)cc1)C1CC1. The van der Waals surface area contributed by atoms with Crippen LogP contribution >= 0.6 is 11.8 Å². The molecule has 0 aliphatic heterocycles. The zero-order valence-corrected chi connectivity index (χ0v) is 12.1. The third-order valence-electron chi connectivity index (χ3n) is 3.24. The van der Waals surface area contributed by atoms with Crippen LogP contribution in [0, 0.1) is 5.82 Å². The van der Waals surface area contributed by atoms with Crippen molar-refractivity contribution in [3.8, 4) is 0 Å². The summed E-state index contributed by atoms with van der Waals surface area (Å²) < 4.78 is 12.9. The van der Waals surface area contributed by atoms with Crippen molar-refractivity contribution >= 4 is 17.7 Å². The second-order valence-corrected chi connectivity index (χ2v) is 6.22. The maximum absolute atomic E-state index is 12.9. The average Bonchev–Trinajstić information content (AvgIpc) is 3.22. The number of carbonyl (C=O) groups is 1. The minimum absolute atomic E-state index is 0.229. The molecule has 1 amide bonds. The Hall–Kier alpha value is -1.03. The maximum Gasteiger partial charge on any atom is 0.223 e. The molecule has 1 aromatic carbocycles. The Morgan fingerprint density at radius 2 is 2.05 bits per heavy atom. The lowest BCUT2D eigenvalue weighted by atomic mass is 10.2. The van der Waals surface area contributed by atoms with Crippen LogP contribution in [-0.2, 0) is 11.3 Å². The highest BCUT2D eigenvalue weighted by Gasteiger charge is 2.32. The van der Waals surface area contributed by atoms with E-state index < -0.39 is 0 Å². The second-order valence-electron chi connectivity index (χ2n) is 4.83. The smallest absolute Gasteiger partial charge is 0.223 e. The first kappa shape index (κ1) is 14.4. The van der Waals surface area contributed by atoms with E-state index in [0.717, 1.165) is 29.9 Å². The van der Waals surface area contributed by atoms with Crippen molar-refractivity contribution in [2.24, 2.45) is 0 Å². The summed E-state index contributed by atoms with van der Waals surface area (Å²) in [6, 6.07) is 6.84. The van der Waals surface area contributed by atoms with E-state index in [-0.39, 0.29) is 11.7 Å². The Kier molecular flexibility index (Phi) is 5.25. The predicted octanol–water partition coefficient (Wildman–Crippen LogP) is 3.46. The highest BCUT2D eigenvalue weighted by molar-refractivity contribution is 7.99. The first-order chi connectivity index (χ1) is 9.20. The van der Waals surface area contributed by atoms with Crippen LogP contribution in [0.4, 0.5) is 4.39 Å². The Morgan fingerprint density at radius 1 is 1.37 bits per heavy atom. The van der Waals surface area contributed by atoms with E-state index in [0.29, 0.717) is 19.0 Å². The fourth-order valence-corrected chi connectivity index (χ4v) is 2.65. The molecule has 19 heavy (non-hydrogen) atoms. The highest BCUT2D eigenvalue weighted by atomic mass is 32.2. The van der Waals surface area contributed by atoms with E-state index in [4.69, 9.17) is 0 Å². The molecule has 0 heterocycles. The van der Waals surface area contributed by atoms with Crippen LogP contribution < -0.4 is 0 Å². The molecule has 0 N–H and O–H groups in total. The number of benzene rings is 1. The third-order valence-corrected chi connectivity index (χ3v) is 4.14. The van der Waals surface area contributed by atoms with Crippen LogP contribution in [0.2, 0.25) is 0 Å². The Morgan fingerprint density at radius 3 is 2.63 bits per heavy atom. The van der Waals surface area contributed by atoms with Crippen molar-refractivity contribution in [1.29, 1.82) is 0 Å². The predicted molar refractivity (Wildman–Crippen MR) is 77.6 cm³/mol. The number of amides is 1. The van der Waals surface area contributed by atoms with Crippen molar-refractivity contribution in [3.63, 3.8) is 0 Å². The molecule has 0 radical (unpaired) electrons. The molecule has 1 saturated carbocycles. The molecule has 1 aromatic rings. The normalized spacial score (nSPS) is 14.4. The number of rotatable bonds is 7. The number of thioether (sulfide) groups is 1. The van der Waals surface area contributed by atoms with Crippen LogP contribution in [-0.4, -0.2) is 28.4 Å². The minimum Gasteiger partial charge on any atom is -0.335 e. The molecule has 2 nitrogen and oxygen atoms in total. The van der Waals surface area contributed by atoms with Crippen LogP contribution in [0.5, 0.6) is 0 Å². The lowest BCUT2D eigenvalue weighted by Gasteiger charge is -2.22. The third kappa shape index (κ3) is 4.53. The number of hydrogen-bond donors (Lipinski definition) is 0. The Balaban J connectivity index is 1.92. The van der Waals surface area contributed by atoms with Gasteiger partial charge in [-0.1, -0.05) is 19.1 Å². The first-order valence-electron chi connectivity index (χ1n) is 6.82. The zero-order chi connectivity index (χ0) is 13.7. The summed E-state index contributed by atoms with van der Waals surface area (Å²) in [5.41, 5.74) is 1.00. The first-order valence-corrected chi connectivity index (χ1v) is 7.98. The van der Waals surface area contributed by atoms with Gasteiger partial charge in [-0.2, -0.15) is 11.8 Å². The molecule has 0 unspecified atom stereocenters. The van der Waals surface area contributed by atoms with Crippen molar-refractivity contribution in [1.82, 2.24) is 4.90 Å². The molecule has 104 valence electrons. The van der Waals surface area contributed by atoms with Gasteiger partial charge in [0, 0.05) is 24.8 Å². The van der Waals surface area contributed by atoms with Crippen LogP contribution in [0.1, 0.15) is 31.7 Å². The largest absolute Gasteiger partial charge is 0.335 e. The van der Waals surface area contributed by atoms with Gasteiger partial charge in [0.25, 0.3) is 0 Å². The summed E-state index contributed by atoms with van der Waals surface area (Å²) in [6.07, 6.45) is 2.82. The Bertz CT molecular complexity index is 417. The molecule has 1 fully saturated rings. The monoisotopic (exact) mass is 281 g/mol. The summed E-state index contributed by atoms with van der Waals surface area (Å²) in [5, 5.41) is 0. The topological polar surface area (TPSA) is 20.3 Å². The summed E-state index contributed by atoms with van der Waals surface area (Å²) >= 11 is 1.80. The van der Waals surface area contributed by atoms with Crippen molar-refractivity contribution in [2.75, 3.05) is 11.5 Å². The minimum atomic E-state index is -0.229. The fraction of sp³-hybridized carbons (Fsp3) is 0.533. The molecule has 2 rings (SSSR count). The van der Waals surface area contributed by atoms with E-state index in [1.807, 2.05) is 4.90 Å². The summed E-state index contributed by atoms with van der Waals surface area (Å²) in [4.78, 5) is 14.2. The molecule has 4 heteroatoms. The molecule has 0 aromatic heterocycles. The van der Waals surface area contributed by atoms with E-state index >= 15 is 0 Å². The van der Waals surface area contributed by atoms with Gasteiger partial charge in [-0.25, -0.2) is 4.39 Å². The summed E-state index contributed by atoms with van der Waals surface area (Å²) in [6.45, 7) is 2.72. The van der Waals surface area contributed by atoms with Crippen LogP contribution in [0.3, 0.4) is 0 Å². The number of halogens is 1. The molecule has 1 aliphatic rings. The lowest BCUT2D eigenvalue weighted by molar-refractivity contribution is -0.131. The standard InChI is InChI=1S/C15H20FNOS/c1-2-19-10-9-15(18)17(14-7-8-14)11-12-3-5-13(16)6-4-12/h3-6,14H,2,7-11H2,1H3. The van der Waals surface area contributed by atoms with Crippen molar-refractivity contribution < 1.29 is 9.18 Å². The maximum atomic E-state index is 12.9. The van der Waals surface area contributed by atoms with E-state index in [2.05, 4.69) is 6.92 Å². The number of hydrogen-bond acceptors (Lipinski definition) is 2. The van der Waals surface area contributed by atoms with E-state index in [9.17, 15) is 9.18 Å². The zero-order valence-electron chi connectivity index (χ0n) is 11.3. The van der Waals surface area contributed by atoms with Gasteiger partial charge < -0.3 is 4.90 Å². The van der Waals surface area contributed by atoms with Gasteiger partial charge >= 0.3 is 0 Å². The molecule has 0 saturated heterocycles. The number of carbonyl (C=O) groups excluding carboxylic acids is 1. The molecule has 0 bridgehead atoms. The molecular weight excluding hydrogens is 261 g/mol. The fourth-order valence-electron chi connectivity index (χ4n) is 2.04. The second kappa shape index (κ2) is 6.94. The van der Waals surface area contributed by atoms with Crippen molar-refractivity contribution in [3.05, 3.63) is 35.6 Å². The van der Waals surface area contributed by atoms with Gasteiger partial charge in [0.05, 0.1) is 0 Å². The van der Waals surface area contributed by atoms with Gasteiger partial charge in [0.15, 0.2) is 0 Å². The van der Waals surface area contributed by atoms with Gasteiger partial charge in [0.2, 0.25) is 5.91 Å². The highest BCUT2D eigenvalue weighted by Crippen LogP contribution is 2.29. The quantitative estimate of drug-likeness (QED) is 0.713. The van der Waals surface area contributed by atoms with Crippen LogP contribution in [0.15, 0.2) is 24.3 Å². The molecule has 1 aliphatic carbocycles. The van der Waals surface area contributed by atoms with Gasteiger partial charge in [-0.15, -0.1) is 0 Å². The molecular formula is C15H20FNOS. The molecule has 0 spiro atoms. The molecule has 0 atom stereocenters. The van der Waals surface area contributed by atoms with E-state index in [1.54, 1.807) is 23.9 Å². The lowest BCUT2D eigenvalue weighted by Crippen LogP contribution is -2.32.